The van der Waals surface area contributed by atoms with Crippen LogP contribution in [0.1, 0.15) is 18.4 Å². The van der Waals surface area contributed by atoms with Gasteiger partial charge in [0, 0.05) is 55.9 Å². The summed E-state index contributed by atoms with van der Waals surface area (Å²) < 4.78 is 41.2. The summed E-state index contributed by atoms with van der Waals surface area (Å²) in [6.45, 7) is 3.07. The van der Waals surface area contributed by atoms with Gasteiger partial charge in [0.1, 0.15) is 11.4 Å². The van der Waals surface area contributed by atoms with Gasteiger partial charge in [-0.3, -0.25) is 0 Å². The summed E-state index contributed by atoms with van der Waals surface area (Å²) in [5, 5.41) is 10.1. The predicted octanol–water partition coefficient (Wildman–Crippen LogP) is 2.72. The zero-order valence-electron chi connectivity index (χ0n) is 22.6. The van der Waals surface area contributed by atoms with Crippen molar-refractivity contribution in [2.75, 3.05) is 65.5 Å². The van der Waals surface area contributed by atoms with Crippen molar-refractivity contribution in [1.82, 2.24) is 18.6 Å². The fourth-order valence-electron chi connectivity index (χ4n) is 4.99. The third-order valence-electron chi connectivity index (χ3n) is 7.33. The van der Waals surface area contributed by atoms with Crippen LogP contribution in [0.15, 0.2) is 36.7 Å². The van der Waals surface area contributed by atoms with E-state index in [0.29, 0.717) is 54.9 Å². The van der Waals surface area contributed by atoms with Gasteiger partial charge < -0.3 is 28.8 Å². The zero-order valence-corrected chi connectivity index (χ0v) is 24.2. The Kier molecular flexibility index (Phi) is 8.37. The van der Waals surface area contributed by atoms with Crippen molar-refractivity contribution >= 4 is 33.0 Å². The van der Waals surface area contributed by atoms with Gasteiger partial charge >= 0.3 is 0 Å². The van der Waals surface area contributed by atoms with Crippen LogP contribution in [0.2, 0.25) is 5.02 Å². The van der Waals surface area contributed by atoms with E-state index in [1.807, 2.05) is 47.9 Å². The smallest absolute Gasteiger partial charge is 0.217 e. The van der Waals surface area contributed by atoms with Crippen molar-refractivity contribution in [3.05, 3.63) is 47.2 Å². The molecule has 3 aromatic rings. The number of hydrogen-bond acceptors (Lipinski definition) is 8. The number of benzene rings is 1. The number of halogens is 1. The Balaban J connectivity index is 1.38. The van der Waals surface area contributed by atoms with E-state index in [0.717, 1.165) is 36.3 Å². The minimum atomic E-state index is -3.31. The topological polar surface area (TPSA) is 99.9 Å². The van der Waals surface area contributed by atoms with Gasteiger partial charge in [0.25, 0.3) is 0 Å². The molecule has 0 amide bonds. The number of imidazole rings is 1. The highest BCUT2D eigenvalue weighted by molar-refractivity contribution is 7.90. The predicted molar refractivity (Wildman–Crippen MR) is 152 cm³/mol. The van der Waals surface area contributed by atoms with E-state index < -0.39 is 10.0 Å². The summed E-state index contributed by atoms with van der Waals surface area (Å²) in [5.41, 5.74) is 3.81. The van der Waals surface area contributed by atoms with Crippen LogP contribution in [0.5, 0.6) is 5.75 Å². The number of hydrogen-bond donors (Lipinski definition) is 1. The maximum atomic E-state index is 13.2. The Labute approximate surface area is 234 Å². The molecule has 0 radical (unpaired) electrons. The van der Waals surface area contributed by atoms with Gasteiger partial charge in [-0.2, -0.15) is 4.31 Å². The Bertz CT molecular complexity index is 1430. The molecule has 1 saturated heterocycles. The molecular formula is C27H36ClN5O5S. The van der Waals surface area contributed by atoms with Crippen LogP contribution in [0.4, 0.5) is 5.69 Å². The Morgan fingerprint density at radius 3 is 2.69 bits per heavy atom. The van der Waals surface area contributed by atoms with Crippen molar-refractivity contribution in [2.24, 2.45) is 0 Å². The minimum absolute atomic E-state index is 0.173. The molecule has 2 aromatic heterocycles. The molecule has 212 valence electrons. The first-order valence-corrected chi connectivity index (χ1v) is 15.0. The molecule has 3 heterocycles. The maximum absolute atomic E-state index is 13.2. The average Bonchev–Trinajstić information content (AvgIpc) is 3.70. The molecule has 1 aliphatic carbocycles. The van der Waals surface area contributed by atoms with E-state index in [1.165, 1.54) is 7.11 Å². The number of pyridine rings is 1. The van der Waals surface area contributed by atoms with Gasteiger partial charge in [-0.15, -0.1) is 0 Å². The number of nitrogens with zero attached hydrogens (tertiary/aromatic N) is 5. The van der Waals surface area contributed by atoms with Crippen molar-refractivity contribution in [2.45, 2.75) is 30.7 Å². The van der Waals surface area contributed by atoms with E-state index in [9.17, 15) is 13.5 Å². The van der Waals surface area contributed by atoms with Crippen molar-refractivity contribution in [3.63, 3.8) is 0 Å². The molecule has 1 saturated carbocycles. The second-order valence-corrected chi connectivity index (χ2v) is 13.0. The summed E-state index contributed by atoms with van der Waals surface area (Å²) in [6, 6.07) is 7.24. The Morgan fingerprint density at radius 1 is 1.21 bits per heavy atom. The second kappa shape index (κ2) is 11.6. The molecule has 2 aliphatic rings. The van der Waals surface area contributed by atoms with Gasteiger partial charge in [0.2, 0.25) is 10.0 Å². The molecule has 0 bridgehead atoms. The standard InChI is InChI=1S/C27H36ClN5O5S/c1-30(2)10-11-38-18-21-15-31(8-9-33(21)39(35,36)22-4-5-22)20-6-7-32-16-25(29-27(32)13-20)23-14-24(28)26(37-3)12-19(23)17-34/h6-7,12-14,16,21-22,34H,4-5,8-11,15,17-18H2,1-3H3. The Morgan fingerprint density at radius 2 is 2.00 bits per heavy atom. The molecule has 0 spiro atoms. The number of fused-ring (bicyclic) bond motifs is 1. The van der Waals surface area contributed by atoms with Gasteiger partial charge in [0.15, 0.2) is 0 Å². The van der Waals surface area contributed by atoms with E-state index >= 15 is 0 Å². The molecule has 10 nitrogen and oxygen atoms in total. The lowest BCUT2D eigenvalue weighted by Gasteiger charge is -2.41. The normalized spacial score (nSPS) is 18.8. The highest BCUT2D eigenvalue weighted by Gasteiger charge is 2.44. The third kappa shape index (κ3) is 6.03. The van der Waals surface area contributed by atoms with Crippen LogP contribution in [-0.2, 0) is 21.4 Å². The summed E-state index contributed by atoms with van der Waals surface area (Å²) in [5.74, 6) is 0.499. The first-order chi connectivity index (χ1) is 18.7. The van der Waals surface area contributed by atoms with Crippen LogP contribution < -0.4 is 9.64 Å². The summed E-state index contributed by atoms with van der Waals surface area (Å²) in [6.07, 6.45) is 5.33. The van der Waals surface area contributed by atoms with Crippen LogP contribution in [0.3, 0.4) is 0 Å². The number of rotatable bonds is 11. The van der Waals surface area contributed by atoms with Crippen LogP contribution >= 0.6 is 11.6 Å². The molecule has 12 heteroatoms. The van der Waals surface area contributed by atoms with E-state index in [1.54, 1.807) is 16.4 Å². The van der Waals surface area contributed by atoms with Gasteiger partial charge in [-0.25, -0.2) is 13.4 Å². The molecule has 1 aromatic carbocycles. The molecule has 1 N–H and O–H groups in total. The molecule has 1 unspecified atom stereocenters. The lowest BCUT2D eigenvalue weighted by atomic mass is 10.1. The number of piperazine rings is 1. The number of anilines is 1. The molecule has 5 rings (SSSR count). The zero-order chi connectivity index (χ0) is 27.7. The summed E-state index contributed by atoms with van der Waals surface area (Å²) in [7, 11) is 2.20. The molecule has 1 atom stereocenters. The highest BCUT2D eigenvalue weighted by atomic mass is 35.5. The molecular weight excluding hydrogens is 542 g/mol. The van der Waals surface area contributed by atoms with E-state index in [4.69, 9.17) is 26.1 Å². The van der Waals surface area contributed by atoms with Gasteiger partial charge in [0.05, 0.1) is 48.9 Å². The fourth-order valence-corrected chi connectivity index (χ4v) is 7.22. The van der Waals surface area contributed by atoms with Crippen molar-refractivity contribution < 1.29 is 23.0 Å². The lowest BCUT2D eigenvalue weighted by molar-refractivity contribution is 0.0748. The minimum Gasteiger partial charge on any atom is -0.495 e. The number of likely N-dealkylation sites (N-methyl/N-ethyl adjacent to an activating group) is 1. The molecule has 39 heavy (non-hydrogen) atoms. The van der Waals surface area contributed by atoms with Crippen molar-refractivity contribution in [1.29, 1.82) is 0 Å². The van der Waals surface area contributed by atoms with Gasteiger partial charge in [-0.1, -0.05) is 11.6 Å². The van der Waals surface area contributed by atoms with E-state index in [-0.39, 0.29) is 17.9 Å². The first-order valence-electron chi connectivity index (χ1n) is 13.2. The maximum Gasteiger partial charge on any atom is 0.217 e. The fraction of sp³-hybridized carbons (Fsp3) is 0.519. The van der Waals surface area contributed by atoms with Crippen LogP contribution in [-0.4, -0.2) is 104 Å². The summed E-state index contributed by atoms with van der Waals surface area (Å²) >= 11 is 6.37. The monoisotopic (exact) mass is 577 g/mol. The number of methoxy groups -OCH3 is 1. The summed E-state index contributed by atoms with van der Waals surface area (Å²) in [4.78, 5) is 9.07. The quantitative estimate of drug-likeness (QED) is 0.347. The highest BCUT2D eigenvalue weighted by Crippen LogP contribution is 2.35. The van der Waals surface area contributed by atoms with Crippen molar-refractivity contribution in [3.8, 4) is 17.0 Å². The third-order valence-corrected chi connectivity index (χ3v) is 10.1. The van der Waals surface area contributed by atoms with Crippen LogP contribution in [0, 0.1) is 0 Å². The number of aliphatic hydroxyl groups excluding tert-OH is 1. The number of aromatic nitrogens is 2. The van der Waals surface area contributed by atoms with Crippen LogP contribution in [0.25, 0.3) is 16.9 Å². The van der Waals surface area contributed by atoms with Gasteiger partial charge in [-0.05, 0) is 50.7 Å². The first kappa shape index (κ1) is 28.1. The molecule has 2 fully saturated rings. The molecule has 1 aliphatic heterocycles. The SMILES string of the molecule is COc1cc(CO)c(-c2cn3ccc(N4CCN(S(=O)(=O)C5CC5)C(COCCN(C)C)C4)cc3n2)cc1Cl. The largest absolute Gasteiger partial charge is 0.495 e. The lowest BCUT2D eigenvalue weighted by Crippen LogP contribution is -2.57. The Hall–Kier alpha value is -2.41. The number of sulfonamides is 1. The number of ether oxygens (including phenoxy) is 2. The average molecular weight is 578 g/mol. The number of aliphatic hydroxyl groups is 1. The second-order valence-electron chi connectivity index (χ2n) is 10.4. The van der Waals surface area contributed by atoms with E-state index in [2.05, 4.69) is 4.90 Å².